The summed E-state index contributed by atoms with van der Waals surface area (Å²) in [5.74, 6) is 0. The van der Waals surface area contributed by atoms with Gasteiger partial charge in [-0.15, -0.1) is 0 Å². The Morgan fingerprint density at radius 1 is 0.952 bits per heavy atom. The molecule has 0 unspecified atom stereocenters. The van der Waals surface area contributed by atoms with Gasteiger partial charge in [-0.1, -0.05) is 22.7 Å². The number of rotatable bonds is 2. The van der Waals surface area contributed by atoms with E-state index in [-0.39, 0.29) is 0 Å². The molecule has 2 aromatic heterocycles. The standard InChI is InChI=1S/2C6H10NS.H2O4S/c2*1-3-7-5-8-4-6(7)2;1-5(2,3)4/h2*4-5H,3H2,1-2H3;(H2,1,2,3,4)/q2*+1;/p-2. The second-order valence-corrected chi connectivity index (χ2v) is 6.24. The molecule has 0 radical (unpaired) electrons. The molecule has 0 saturated heterocycles. The largest absolute Gasteiger partial charge is 0.759 e. The van der Waals surface area contributed by atoms with Crippen LogP contribution < -0.4 is 9.13 Å². The topological polar surface area (TPSA) is 88.0 Å². The van der Waals surface area contributed by atoms with E-state index >= 15 is 0 Å². The molecule has 0 atom stereocenters. The van der Waals surface area contributed by atoms with E-state index in [0.717, 1.165) is 13.1 Å². The van der Waals surface area contributed by atoms with Crippen LogP contribution in [0, 0.1) is 13.8 Å². The number of hydrogen-bond acceptors (Lipinski definition) is 6. The van der Waals surface area contributed by atoms with Crippen molar-refractivity contribution in [2.24, 2.45) is 0 Å². The Morgan fingerprint density at radius 2 is 1.24 bits per heavy atom. The van der Waals surface area contributed by atoms with E-state index in [1.165, 1.54) is 11.4 Å². The third-order valence-electron chi connectivity index (χ3n) is 2.44. The SMILES string of the molecule is CC[n+]1cscc1C.CC[n+]1cscc1C.O=S(=O)([O-])[O-]. The summed E-state index contributed by atoms with van der Waals surface area (Å²) in [4.78, 5) is 0. The van der Waals surface area contributed by atoms with Gasteiger partial charge in [0.1, 0.15) is 13.1 Å². The van der Waals surface area contributed by atoms with Gasteiger partial charge < -0.3 is 9.11 Å². The van der Waals surface area contributed by atoms with Crippen LogP contribution >= 0.6 is 22.7 Å². The molecule has 0 saturated carbocycles. The Labute approximate surface area is 133 Å². The highest BCUT2D eigenvalue weighted by Crippen LogP contribution is 1.95. The zero-order valence-corrected chi connectivity index (χ0v) is 14.9. The third kappa shape index (κ3) is 10.5. The molecule has 0 fully saturated rings. The van der Waals surface area contributed by atoms with Gasteiger partial charge in [0.2, 0.25) is 11.0 Å². The molecule has 0 aliphatic carbocycles. The summed E-state index contributed by atoms with van der Waals surface area (Å²) in [5.41, 5.74) is 6.99. The number of aryl methyl sites for hydroxylation is 4. The summed E-state index contributed by atoms with van der Waals surface area (Å²) >= 11 is 3.51. The van der Waals surface area contributed by atoms with Gasteiger partial charge in [0.25, 0.3) is 0 Å². The number of aromatic nitrogens is 2. The average Bonchev–Trinajstić information content (AvgIpc) is 2.96. The molecule has 0 aliphatic rings. The van der Waals surface area contributed by atoms with Gasteiger partial charge in [-0.25, -0.2) is 0 Å². The molecular formula is C12H20N2O4S3. The van der Waals surface area contributed by atoms with Crippen molar-refractivity contribution in [3.63, 3.8) is 0 Å². The van der Waals surface area contributed by atoms with Crippen molar-refractivity contribution in [3.8, 4) is 0 Å². The van der Waals surface area contributed by atoms with E-state index < -0.39 is 10.4 Å². The normalized spacial score (nSPS) is 10.2. The number of thiazole rings is 2. The second-order valence-electron chi connectivity index (χ2n) is 3.98. The summed E-state index contributed by atoms with van der Waals surface area (Å²) in [6, 6.07) is 0. The first-order valence-corrected chi connectivity index (χ1v) is 9.42. The van der Waals surface area contributed by atoms with Crippen LogP contribution in [0.2, 0.25) is 0 Å². The Hall–Kier alpha value is -0.870. The Bertz CT molecular complexity index is 572. The minimum Gasteiger partial charge on any atom is -0.759 e. The summed E-state index contributed by atoms with van der Waals surface area (Å²) in [7, 11) is -5.17. The Balaban J connectivity index is 0.000000296. The van der Waals surface area contributed by atoms with E-state index in [1.54, 1.807) is 22.7 Å². The molecule has 2 aromatic rings. The average molecular weight is 353 g/mol. The first-order valence-electron chi connectivity index (χ1n) is 6.20. The van der Waals surface area contributed by atoms with Crippen LogP contribution in [0.1, 0.15) is 25.2 Å². The predicted molar refractivity (Wildman–Crippen MR) is 80.3 cm³/mol. The summed E-state index contributed by atoms with van der Waals surface area (Å²) < 4.78 is 38.5. The van der Waals surface area contributed by atoms with Gasteiger partial charge in [-0.3, -0.25) is 8.42 Å². The minimum atomic E-state index is -5.17. The van der Waals surface area contributed by atoms with Crippen LogP contribution in [0.5, 0.6) is 0 Å². The highest BCUT2D eigenvalue weighted by atomic mass is 32.3. The van der Waals surface area contributed by atoms with E-state index in [2.05, 4.69) is 58.6 Å². The van der Waals surface area contributed by atoms with Gasteiger partial charge in [0, 0.05) is 24.2 Å². The molecule has 120 valence electrons. The summed E-state index contributed by atoms with van der Waals surface area (Å²) in [6.07, 6.45) is 0. The van der Waals surface area contributed by atoms with E-state index in [9.17, 15) is 0 Å². The van der Waals surface area contributed by atoms with Gasteiger partial charge >= 0.3 is 0 Å². The third-order valence-corrected chi connectivity index (χ3v) is 4.15. The molecule has 0 amide bonds. The van der Waals surface area contributed by atoms with Crippen molar-refractivity contribution >= 4 is 33.1 Å². The fraction of sp³-hybridized carbons (Fsp3) is 0.500. The lowest BCUT2D eigenvalue weighted by Gasteiger charge is -2.06. The number of nitrogens with zero attached hydrogens (tertiary/aromatic N) is 2. The van der Waals surface area contributed by atoms with Crippen LogP contribution in [0.4, 0.5) is 0 Å². The van der Waals surface area contributed by atoms with Crippen molar-refractivity contribution < 1.29 is 26.7 Å². The van der Waals surface area contributed by atoms with Gasteiger partial charge in [-0.05, 0) is 13.8 Å². The van der Waals surface area contributed by atoms with Crippen LogP contribution in [0.15, 0.2) is 21.8 Å². The van der Waals surface area contributed by atoms with Crippen molar-refractivity contribution in [1.82, 2.24) is 0 Å². The zero-order chi connectivity index (χ0) is 16.5. The summed E-state index contributed by atoms with van der Waals surface area (Å²) in [5, 5.41) is 4.31. The van der Waals surface area contributed by atoms with Crippen LogP contribution in [-0.2, 0) is 23.5 Å². The fourth-order valence-electron chi connectivity index (χ4n) is 1.35. The molecule has 0 aliphatic heterocycles. The maximum atomic E-state index is 8.52. The van der Waals surface area contributed by atoms with Crippen LogP contribution in [-0.4, -0.2) is 17.5 Å². The molecule has 6 nitrogen and oxygen atoms in total. The van der Waals surface area contributed by atoms with Crippen LogP contribution in [0.3, 0.4) is 0 Å². The summed E-state index contributed by atoms with van der Waals surface area (Å²) in [6.45, 7) is 10.7. The van der Waals surface area contributed by atoms with Gasteiger partial charge in [0.05, 0.1) is 10.8 Å². The lowest BCUT2D eigenvalue weighted by molar-refractivity contribution is -0.694. The maximum absolute atomic E-state index is 8.52. The van der Waals surface area contributed by atoms with Gasteiger partial charge in [-0.2, -0.15) is 9.13 Å². The maximum Gasteiger partial charge on any atom is 0.224 e. The highest BCUT2D eigenvalue weighted by Gasteiger charge is 2.01. The molecule has 2 heterocycles. The minimum absolute atomic E-state index is 1.09. The molecule has 9 heteroatoms. The molecule has 0 bridgehead atoms. The highest BCUT2D eigenvalue weighted by molar-refractivity contribution is 7.79. The van der Waals surface area contributed by atoms with E-state index in [0.29, 0.717) is 0 Å². The first-order chi connectivity index (χ1) is 9.69. The molecule has 0 aromatic carbocycles. The second kappa shape index (κ2) is 9.96. The first kappa shape index (κ1) is 20.1. The zero-order valence-electron chi connectivity index (χ0n) is 12.5. The van der Waals surface area contributed by atoms with E-state index in [1.807, 2.05) is 0 Å². The Kier molecular flexibility index (Phi) is 9.54. The van der Waals surface area contributed by atoms with Gasteiger partial charge in [0.15, 0.2) is 11.4 Å². The quantitative estimate of drug-likeness (QED) is 0.464. The van der Waals surface area contributed by atoms with Crippen molar-refractivity contribution in [2.75, 3.05) is 0 Å². The fourth-order valence-corrected chi connectivity index (χ4v) is 3.07. The van der Waals surface area contributed by atoms with Crippen molar-refractivity contribution in [3.05, 3.63) is 33.2 Å². The molecule has 0 N–H and O–H groups in total. The lowest BCUT2D eigenvalue weighted by atomic mass is 10.5. The molecule has 21 heavy (non-hydrogen) atoms. The van der Waals surface area contributed by atoms with Crippen LogP contribution in [0.25, 0.3) is 0 Å². The smallest absolute Gasteiger partial charge is 0.224 e. The monoisotopic (exact) mass is 352 g/mol. The van der Waals surface area contributed by atoms with Crippen molar-refractivity contribution in [2.45, 2.75) is 40.8 Å². The van der Waals surface area contributed by atoms with E-state index in [4.69, 9.17) is 17.5 Å². The lowest BCUT2D eigenvalue weighted by Crippen LogP contribution is -2.31. The Morgan fingerprint density at radius 3 is 1.33 bits per heavy atom. The predicted octanol–water partition coefficient (Wildman–Crippen LogP) is 1.39. The molecule has 2 rings (SSSR count). The molecular weight excluding hydrogens is 332 g/mol. The number of hydrogen-bond donors (Lipinski definition) is 0. The molecule has 0 spiro atoms. The van der Waals surface area contributed by atoms with Crippen molar-refractivity contribution in [1.29, 1.82) is 0 Å².